The van der Waals surface area contributed by atoms with Gasteiger partial charge in [-0.15, -0.1) is 0 Å². The number of carbonyl (C=O) groups excluding carboxylic acids is 2. The number of fused-ring (bicyclic) bond motifs is 13. The van der Waals surface area contributed by atoms with E-state index in [0.717, 1.165) is 48.8 Å². The van der Waals surface area contributed by atoms with Gasteiger partial charge in [0.05, 0.1) is 25.4 Å². The number of aliphatic hydroxyl groups is 4. The lowest BCUT2D eigenvalue weighted by Crippen LogP contribution is -2.64. The number of allylic oxidation sites excluding steroid dienone is 5. The van der Waals surface area contributed by atoms with Crippen LogP contribution in [0.25, 0.3) is 23.1 Å². The van der Waals surface area contributed by atoms with Crippen LogP contribution in [0.1, 0.15) is 180 Å². The minimum absolute atomic E-state index is 0.00640. The number of aliphatic hydroxyl groups excluding tert-OH is 4. The molecule has 14 atom stereocenters. The average Bonchev–Trinajstić information content (AvgIpc) is 1.68. The predicted octanol–water partition coefficient (Wildman–Crippen LogP) is 13.1. The summed E-state index contributed by atoms with van der Waals surface area (Å²) in [4.78, 5) is 46.9. The minimum Gasteiger partial charge on any atom is -0.482 e. The Kier molecular flexibility index (Phi) is 14.8. The number of rotatable bonds is 9. The molecule has 10 aliphatic rings. The third-order valence-corrected chi connectivity index (χ3v) is 24.2. The van der Waals surface area contributed by atoms with Gasteiger partial charge in [0.25, 0.3) is 0 Å². The first-order valence-corrected chi connectivity index (χ1v) is 33.6. The molecule has 6 aromatic rings. The lowest BCUT2D eigenvalue weighted by Gasteiger charge is -2.56. The van der Waals surface area contributed by atoms with E-state index in [9.17, 15) is 25.2 Å². The number of hydrogen-bond donors (Lipinski definition) is 4. The Morgan fingerprint density at radius 2 is 1.62 bits per heavy atom. The summed E-state index contributed by atoms with van der Waals surface area (Å²) in [7, 11) is 0. The van der Waals surface area contributed by atoms with Gasteiger partial charge < -0.3 is 43.8 Å². The van der Waals surface area contributed by atoms with Gasteiger partial charge >= 0.3 is 17.6 Å². The lowest BCUT2D eigenvalue weighted by molar-refractivity contribution is -0.210. The fourth-order valence-corrected chi connectivity index (χ4v) is 20.3. The van der Waals surface area contributed by atoms with Crippen molar-refractivity contribution in [3.8, 4) is 5.75 Å². The molecule has 1 aromatic heterocycles. The molecule has 12 nitrogen and oxygen atoms in total. The maximum Gasteiger partial charge on any atom is 0.340 e. The summed E-state index contributed by atoms with van der Waals surface area (Å²) in [5.41, 5.74) is 11.3. The van der Waals surface area contributed by atoms with Crippen molar-refractivity contribution in [3.05, 3.63) is 227 Å². The predicted molar refractivity (Wildman–Crippen MR) is 346 cm³/mol. The van der Waals surface area contributed by atoms with Crippen LogP contribution in [0.2, 0.25) is 0 Å². The molecule has 91 heavy (non-hydrogen) atoms. The highest BCUT2D eigenvalue weighted by molar-refractivity contribution is 5.91. The molecule has 16 rings (SSSR count). The van der Waals surface area contributed by atoms with Gasteiger partial charge in [-0.1, -0.05) is 140 Å². The van der Waals surface area contributed by atoms with Crippen LogP contribution >= 0.6 is 0 Å². The van der Waals surface area contributed by atoms with E-state index in [2.05, 4.69) is 134 Å². The van der Waals surface area contributed by atoms with Crippen LogP contribution in [-0.4, -0.2) is 70.7 Å². The van der Waals surface area contributed by atoms with Gasteiger partial charge in [-0.25, -0.2) is 9.59 Å². The van der Waals surface area contributed by atoms with Crippen molar-refractivity contribution in [3.63, 3.8) is 0 Å². The van der Waals surface area contributed by atoms with E-state index < -0.39 is 60.1 Å². The van der Waals surface area contributed by atoms with Gasteiger partial charge in [0, 0.05) is 70.5 Å². The van der Waals surface area contributed by atoms with Crippen LogP contribution < -0.4 is 10.4 Å². The summed E-state index contributed by atoms with van der Waals surface area (Å²) in [5.74, 6) is -1.39. The zero-order valence-electron chi connectivity index (χ0n) is 51.7. The molecule has 6 bridgehead atoms. The quantitative estimate of drug-likeness (QED) is 0.0354. The first-order chi connectivity index (χ1) is 44.5. The molecule has 4 N–H and O–H groups in total. The highest BCUT2D eigenvalue weighted by Crippen LogP contribution is 2.69. The van der Waals surface area contributed by atoms with Gasteiger partial charge in [-0.05, 0) is 186 Å². The average molecular weight is 1220 g/mol. The summed E-state index contributed by atoms with van der Waals surface area (Å²) in [6.45, 7) is -0.311. The molecule has 2 saturated carbocycles. The molecule has 468 valence electrons. The highest BCUT2D eigenvalue weighted by Gasteiger charge is 2.69. The fraction of sp³-hybridized carbons (Fsp3) is 0.430. The van der Waals surface area contributed by atoms with E-state index in [1.807, 2.05) is 0 Å². The van der Waals surface area contributed by atoms with Gasteiger partial charge in [0.15, 0.2) is 17.8 Å². The molecule has 12 heteroatoms. The highest BCUT2D eigenvalue weighted by atomic mass is 16.6. The Morgan fingerprint density at radius 3 is 2.47 bits per heavy atom. The Morgan fingerprint density at radius 1 is 0.780 bits per heavy atom. The van der Waals surface area contributed by atoms with Gasteiger partial charge in [0.1, 0.15) is 18.1 Å². The standard InChI is InChI=1S/C79H80O12/c1-45(41-81)56-25-20-46-17-18-50-37-49(46)31-35-77-33-8-34-78(68(77)40-62-58-13-4-2-9-47(58)22-29-65(62)77)74(90-75(56)85)73(71-67(91-78)30-28-61-63(42-82)70(76(86)89-72(61)71)52(32-36-80)43-87-44-83)88-69(84)39-53-38-51(21-26-57(50)53)59-14-7-16-66-60(59)27-24-55-12-6-11-54-23-19-48-10-3-5-15-64(48)79(54,55)66/h2-5,7-10,13-19,21-23,26,28-30,33,37,51-55,57,62,65,68,73-74,80-83H,6,11-12,20,24-25,27,31-32,34-36,38-44H2,1H3/b56-45-/t51-,52+,53+,54-,55-,57-,62+,65-,68-,73+,74-,77-,78-,79-/m0/s1. The third kappa shape index (κ3) is 9.03. The summed E-state index contributed by atoms with van der Waals surface area (Å²) in [5, 5.41) is 42.7. The largest absolute Gasteiger partial charge is 0.482 e. The molecule has 4 heterocycles. The number of aryl methyl sites for hydroxylation is 2. The van der Waals surface area contributed by atoms with Crippen LogP contribution in [-0.2, 0) is 55.1 Å². The maximum atomic E-state index is 16.2. The van der Waals surface area contributed by atoms with Crippen molar-refractivity contribution < 1.29 is 53.4 Å². The van der Waals surface area contributed by atoms with Crippen molar-refractivity contribution in [1.29, 1.82) is 0 Å². The molecule has 2 fully saturated rings. The minimum atomic E-state index is -1.42. The number of hydrogen-bond acceptors (Lipinski definition) is 12. The topological polar surface area (TPSA) is 182 Å². The maximum absolute atomic E-state index is 16.2. The van der Waals surface area contributed by atoms with E-state index in [-0.39, 0.29) is 109 Å². The van der Waals surface area contributed by atoms with Crippen molar-refractivity contribution in [2.24, 2.45) is 35.0 Å². The van der Waals surface area contributed by atoms with E-state index in [0.29, 0.717) is 53.4 Å². The summed E-state index contributed by atoms with van der Waals surface area (Å²) in [6, 6.07) is 35.1. The molecule has 0 radical (unpaired) electrons. The number of ether oxygens (including phenoxy) is 4. The molecule has 0 saturated heterocycles. The summed E-state index contributed by atoms with van der Waals surface area (Å²) in [6.07, 6.45) is 25.8. The van der Waals surface area contributed by atoms with E-state index in [1.165, 1.54) is 51.8 Å². The second-order valence-corrected chi connectivity index (χ2v) is 28.0. The molecule has 5 aromatic carbocycles. The smallest absolute Gasteiger partial charge is 0.340 e. The number of carbonyl (C=O) groups is 2. The number of esters is 2. The molecule has 7 aliphatic carbocycles. The normalized spacial score (nSPS) is 32.1. The van der Waals surface area contributed by atoms with Crippen LogP contribution in [0.5, 0.6) is 5.75 Å². The first-order valence-electron chi connectivity index (χ1n) is 33.6. The van der Waals surface area contributed by atoms with Crippen LogP contribution in [0.4, 0.5) is 0 Å². The molecule has 3 aliphatic heterocycles. The van der Waals surface area contributed by atoms with Crippen LogP contribution in [0.3, 0.4) is 0 Å². The Balaban J connectivity index is 0.902. The SMILES string of the molecule is C/C(CO)=C1\CCc2ccc3cc2CC[C@]24C=CC[C@]5(Oc6ccc7c(CO)c([C@H](CCO)COCO)c(=O)oc7c6[C@@H](OC(=O)C[C@H]6C[C@@H](c7cccc8c7CC[C@@H]7CCC[C@H]9C=Cc%10ccccc%10[C@@]879)C=C[C@@H]36)[C@@H]5OC1=O)[C@H]2C[C@@H]1c2ccccc2C=C[C@@H]14. The van der Waals surface area contributed by atoms with Crippen molar-refractivity contribution >= 4 is 35.1 Å². The van der Waals surface area contributed by atoms with E-state index in [1.54, 1.807) is 19.1 Å². The monoisotopic (exact) mass is 1220 g/mol. The van der Waals surface area contributed by atoms with Crippen LogP contribution in [0, 0.1) is 35.0 Å². The number of benzene rings is 5. The van der Waals surface area contributed by atoms with Crippen LogP contribution in [0.15, 0.2) is 154 Å². The lowest BCUT2D eigenvalue weighted by atomic mass is 9.48. The third-order valence-electron chi connectivity index (χ3n) is 24.2. The Bertz CT molecular complexity index is 4160. The molecular formula is C79H80O12. The summed E-state index contributed by atoms with van der Waals surface area (Å²) < 4.78 is 34.3. The second kappa shape index (κ2) is 23.0. The Labute approximate surface area is 531 Å². The fourth-order valence-electron chi connectivity index (χ4n) is 20.3. The molecule has 2 spiro atoms. The molecule has 0 unspecified atom stereocenters. The first kappa shape index (κ1) is 58.6. The van der Waals surface area contributed by atoms with Gasteiger partial charge in [-0.3, -0.25) is 4.79 Å². The van der Waals surface area contributed by atoms with Crippen molar-refractivity contribution in [2.75, 3.05) is 26.6 Å². The molecule has 0 amide bonds. The van der Waals surface area contributed by atoms with E-state index in [4.69, 9.17) is 23.4 Å². The van der Waals surface area contributed by atoms with Crippen molar-refractivity contribution in [1.82, 2.24) is 0 Å². The molecular weight excluding hydrogens is 1140 g/mol. The van der Waals surface area contributed by atoms with Crippen molar-refractivity contribution in [2.45, 2.75) is 150 Å². The zero-order chi connectivity index (χ0) is 61.9. The summed E-state index contributed by atoms with van der Waals surface area (Å²) >= 11 is 0. The zero-order valence-corrected chi connectivity index (χ0v) is 51.7. The van der Waals surface area contributed by atoms with Gasteiger partial charge in [-0.2, -0.15) is 0 Å². The van der Waals surface area contributed by atoms with Gasteiger partial charge in [0.2, 0.25) is 0 Å². The van der Waals surface area contributed by atoms with E-state index >= 15 is 9.59 Å². The Hall–Kier alpha value is -7.45. The second-order valence-electron chi connectivity index (χ2n) is 28.0.